The number of sulfonamides is 1. The topological polar surface area (TPSA) is 84.2 Å². The molecule has 6 nitrogen and oxygen atoms in total. The highest BCUT2D eigenvalue weighted by Gasteiger charge is 2.12. The summed E-state index contributed by atoms with van der Waals surface area (Å²) in [6, 6.07) is 1.80. The minimum atomic E-state index is -3.35. The molecule has 92 valence electrons. The van der Waals surface area contributed by atoms with Gasteiger partial charge in [0, 0.05) is 18.7 Å². The van der Waals surface area contributed by atoms with Crippen molar-refractivity contribution in [1.82, 2.24) is 10.5 Å². The quantitative estimate of drug-likeness (QED) is 0.774. The van der Waals surface area contributed by atoms with Crippen LogP contribution in [0.5, 0.6) is 0 Å². The molecule has 0 aromatic carbocycles. The predicted molar refractivity (Wildman–Crippen MR) is 61.8 cm³/mol. The van der Waals surface area contributed by atoms with Gasteiger partial charge in [-0.25, -0.2) is 8.42 Å². The zero-order chi connectivity index (χ0) is 12.2. The van der Waals surface area contributed by atoms with Gasteiger partial charge in [-0.15, -0.1) is 0 Å². The summed E-state index contributed by atoms with van der Waals surface area (Å²) in [6.07, 6.45) is 0. The van der Waals surface area contributed by atoms with E-state index in [2.05, 4.69) is 15.2 Å². The molecule has 0 fully saturated rings. The molecular formula is C9H17N3O3S. The third-order valence-electron chi connectivity index (χ3n) is 1.81. The molecule has 2 N–H and O–H groups in total. The molecule has 0 atom stereocenters. The van der Waals surface area contributed by atoms with E-state index < -0.39 is 10.0 Å². The Morgan fingerprint density at radius 3 is 2.69 bits per heavy atom. The smallest absolute Gasteiger partial charge is 0.235 e. The summed E-state index contributed by atoms with van der Waals surface area (Å²) in [5, 5.41) is 6.59. The van der Waals surface area contributed by atoms with E-state index in [1.165, 1.54) is 6.07 Å². The molecule has 1 aromatic rings. The fourth-order valence-corrected chi connectivity index (χ4v) is 2.01. The number of nitrogens with zero attached hydrogens (tertiary/aromatic N) is 1. The van der Waals surface area contributed by atoms with Crippen LogP contribution < -0.4 is 10.0 Å². The van der Waals surface area contributed by atoms with Gasteiger partial charge >= 0.3 is 0 Å². The Morgan fingerprint density at radius 2 is 2.19 bits per heavy atom. The van der Waals surface area contributed by atoms with Crippen LogP contribution in [0.4, 0.5) is 5.82 Å². The highest BCUT2D eigenvalue weighted by atomic mass is 32.2. The monoisotopic (exact) mass is 247 g/mol. The molecule has 0 aliphatic carbocycles. The van der Waals surface area contributed by atoms with Crippen LogP contribution in [0.15, 0.2) is 10.6 Å². The van der Waals surface area contributed by atoms with Gasteiger partial charge in [0.15, 0.2) is 5.82 Å². The molecule has 0 radical (unpaired) electrons. The van der Waals surface area contributed by atoms with Crippen LogP contribution in [0.1, 0.15) is 19.6 Å². The van der Waals surface area contributed by atoms with Crippen molar-refractivity contribution in [3.8, 4) is 0 Å². The normalized spacial score (nSPS) is 12.0. The first-order chi connectivity index (χ1) is 7.39. The first-order valence-electron chi connectivity index (χ1n) is 5.06. The maximum atomic E-state index is 11.6. The van der Waals surface area contributed by atoms with E-state index in [-0.39, 0.29) is 17.6 Å². The summed E-state index contributed by atoms with van der Waals surface area (Å²) in [6.45, 7) is 6.02. The average molecular weight is 247 g/mol. The Labute approximate surface area is 95.4 Å². The third kappa shape index (κ3) is 4.63. The standard InChI is InChI=1S/C9H17N3O3S/c1-7(2)10-4-5-16(13,14)12-9-6-8(3)15-11-9/h6-7,10H,4-5H2,1-3H3,(H,11,12). The summed E-state index contributed by atoms with van der Waals surface area (Å²) in [7, 11) is -3.35. The highest BCUT2D eigenvalue weighted by molar-refractivity contribution is 7.92. The summed E-state index contributed by atoms with van der Waals surface area (Å²) >= 11 is 0. The van der Waals surface area contributed by atoms with Crippen LogP contribution in [-0.4, -0.2) is 31.9 Å². The highest BCUT2D eigenvalue weighted by Crippen LogP contribution is 2.08. The van der Waals surface area contributed by atoms with E-state index in [1.807, 2.05) is 13.8 Å². The molecule has 0 aliphatic rings. The number of nitrogens with one attached hydrogen (secondary N) is 2. The summed E-state index contributed by atoms with van der Waals surface area (Å²) in [5.41, 5.74) is 0. The Hall–Kier alpha value is -1.08. The van der Waals surface area contributed by atoms with E-state index in [4.69, 9.17) is 4.52 Å². The third-order valence-corrected chi connectivity index (χ3v) is 3.07. The van der Waals surface area contributed by atoms with Crippen LogP contribution in [0.3, 0.4) is 0 Å². The van der Waals surface area contributed by atoms with E-state index >= 15 is 0 Å². The summed E-state index contributed by atoms with van der Waals surface area (Å²) in [5.74, 6) is 0.803. The SMILES string of the molecule is Cc1cc(NS(=O)(=O)CCNC(C)C)no1. The van der Waals surface area contributed by atoms with Crippen LogP contribution in [0.2, 0.25) is 0 Å². The van der Waals surface area contributed by atoms with Crippen LogP contribution in [0.25, 0.3) is 0 Å². The maximum Gasteiger partial charge on any atom is 0.235 e. The van der Waals surface area contributed by atoms with Gasteiger partial charge < -0.3 is 9.84 Å². The van der Waals surface area contributed by atoms with Crippen molar-refractivity contribution in [3.63, 3.8) is 0 Å². The maximum absolute atomic E-state index is 11.6. The van der Waals surface area contributed by atoms with E-state index in [1.54, 1.807) is 6.92 Å². The Balaban J connectivity index is 2.46. The van der Waals surface area contributed by atoms with Gasteiger partial charge in [-0.05, 0) is 6.92 Å². The van der Waals surface area contributed by atoms with Crippen LogP contribution in [0, 0.1) is 6.92 Å². The lowest BCUT2D eigenvalue weighted by atomic mass is 10.4. The second-order valence-corrected chi connectivity index (χ2v) is 5.69. The van der Waals surface area contributed by atoms with Crippen LogP contribution in [-0.2, 0) is 10.0 Å². The van der Waals surface area contributed by atoms with Gasteiger partial charge in [0.1, 0.15) is 5.76 Å². The van der Waals surface area contributed by atoms with Gasteiger partial charge in [0.25, 0.3) is 0 Å². The molecule has 7 heteroatoms. The Morgan fingerprint density at radius 1 is 1.50 bits per heavy atom. The van der Waals surface area contributed by atoms with Gasteiger partial charge in [0.2, 0.25) is 10.0 Å². The minimum Gasteiger partial charge on any atom is -0.360 e. The number of anilines is 1. The lowest BCUT2D eigenvalue weighted by Crippen LogP contribution is -2.30. The summed E-state index contributed by atoms with van der Waals surface area (Å²) in [4.78, 5) is 0. The van der Waals surface area contributed by atoms with Gasteiger partial charge in [-0.3, -0.25) is 4.72 Å². The molecule has 0 amide bonds. The number of hydrogen-bond acceptors (Lipinski definition) is 5. The number of rotatable bonds is 6. The van der Waals surface area contributed by atoms with Crippen molar-refractivity contribution in [3.05, 3.63) is 11.8 Å². The molecule has 0 aliphatic heterocycles. The minimum absolute atomic E-state index is 0.0110. The lowest BCUT2D eigenvalue weighted by molar-refractivity contribution is 0.400. The Bertz CT molecular complexity index is 425. The largest absolute Gasteiger partial charge is 0.360 e. The predicted octanol–water partition coefficient (Wildman–Crippen LogP) is 0.723. The lowest BCUT2D eigenvalue weighted by Gasteiger charge is -2.08. The van der Waals surface area contributed by atoms with Crippen molar-refractivity contribution in [2.75, 3.05) is 17.0 Å². The molecule has 0 spiro atoms. The second kappa shape index (κ2) is 5.31. The van der Waals surface area contributed by atoms with Gasteiger partial charge in [-0.1, -0.05) is 19.0 Å². The summed E-state index contributed by atoms with van der Waals surface area (Å²) < 4.78 is 30.2. The zero-order valence-electron chi connectivity index (χ0n) is 9.65. The van der Waals surface area contributed by atoms with Crippen molar-refractivity contribution in [1.29, 1.82) is 0 Å². The number of aromatic nitrogens is 1. The molecule has 16 heavy (non-hydrogen) atoms. The molecule has 0 saturated heterocycles. The number of aryl methyl sites for hydroxylation is 1. The molecule has 0 bridgehead atoms. The molecule has 0 unspecified atom stereocenters. The molecule has 0 saturated carbocycles. The fraction of sp³-hybridized carbons (Fsp3) is 0.667. The second-order valence-electron chi connectivity index (χ2n) is 3.85. The van der Waals surface area contributed by atoms with Crippen LogP contribution >= 0.6 is 0 Å². The van der Waals surface area contributed by atoms with Crippen molar-refractivity contribution >= 4 is 15.8 Å². The average Bonchev–Trinajstić information content (AvgIpc) is 2.48. The molecule has 1 aromatic heterocycles. The number of hydrogen-bond donors (Lipinski definition) is 2. The first-order valence-corrected chi connectivity index (χ1v) is 6.71. The fourth-order valence-electron chi connectivity index (χ4n) is 1.11. The molecule has 1 rings (SSSR count). The molecule has 1 heterocycles. The Kier molecular flexibility index (Phi) is 4.31. The van der Waals surface area contributed by atoms with Gasteiger partial charge in [0.05, 0.1) is 5.75 Å². The van der Waals surface area contributed by atoms with Crippen molar-refractivity contribution in [2.24, 2.45) is 0 Å². The molecular weight excluding hydrogens is 230 g/mol. The van der Waals surface area contributed by atoms with E-state index in [9.17, 15) is 8.42 Å². The van der Waals surface area contributed by atoms with Crippen molar-refractivity contribution in [2.45, 2.75) is 26.8 Å². The van der Waals surface area contributed by atoms with Crippen molar-refractivity contribution < 1.29 is 12.9 Å². The van der Waals surface area contributed by atoms with E-state index in [0.717, 1.165) is 0 Å². The van der Waals surface area contributed by atoms with Gasteiger partial charge in [-0.2, -0.15) is 0 Å². The zero-order valence-corrected chi connectivity index (χ0v) is 10.5. The van der Waals surface area contributed by atoms with E-state index in [0.29, 0.717) is 12.3 Å². The first kappa shape index (κ1) is 13.0.